The first-order valence-corrected chi connectivity index (χ1v) is 4.23. The largest absolute Gasteiger partial charge is 0.465 e. The zero-order valence-electron chi connectivity index (χ0n) is 8.73. The van der Waals surface area contributed by atoms with Crippen LogP contribution in [0.2, 0.25) is 0 Å². The molecule has 0 radical (unpaired) electrons. The van der Waals surface area contributed by atoms with E-state index in [0.717, 1.165) is 0 Å². The van der Waals surface area contributed by atoms with Gasteiger partial charge in [0.15, 0.2) is 0 Å². The number of pyridine rings is 1. The van der Waals surface area contributed by atoms with Crippen LogP contribution in [0.25, 0.3) is 0 Å². The summed E-state index contributed by atoms with van der Waals surface area (Å²) in [5.74, 6) is -1.04. The monoisotopic (exact) mass is 209 g/mol. The molecule has 1 rings (SSSR count). The van der Waals surface area contributed by atoms with Crippen molar-refractivity contribution in [1.82, 2.24) is 4.98 Å². The zero-order chi connectivity index (χ0) is 11.4. The maximum atomic E-state index is 11.3. The highest BCUT2D eigenvalue weighted by atomic mass is 16.5. The Bertz CT molecular complexity index is 366. The third kappa shape index (κ3) is 2.12. The number of carbonyl (C=O) groups excluding carboxylic acids is 2. The lowest BCUT2D eigenvalue weighted by molar-refractivity contribution is 0.0596. The van der Waals surface area contributed by atoms with Crippen molar-refractivity contribution in [3.63, 3.8) is 0 Å². The van der Waals surface area contributed by atoms with Crippen LogP contribution in [0.5, 0.6) is 0 Å². The number of methoxy groups -OCH3 is 2. The van der Waals surface area contributed by atoms with Crippen LogP contribution in [0.15, 0.2) is 12.4 Å². The summed E-state index contributed by atoms with van der Waals surface area (Å²) in [5.41, 5.74) is 1.03. The van der Waals surface area contributed by atoms with Crippen molar-refractivity contribution in [3.8, 4) is 0 Å². The van der Waals surface area contributed by atoms with Gasteiger partial charge in [-0.05, 0) is 12.5 Å². The van der Waals surface area contributed by atoms with E-state index in [2.05, 4.69) is 14.5 Å². The maximum Gasteiger partial charge on any atom is 0.339 e. The molecule has 5 heteroatoms. The van der Waals surface area contributed by atoms with E-state index in [0.29, 0.717) is 5.56 Å². The summed E-state index contributed by atoms with van der Waals surface area (Å²) in [6, 6.07) is 0. The minimum Gasteiger partial charge on any atom is -0.465 e. The Morgan fingerprint density at radius 1 is 1.07 bits per heavy atom. The molecule has 0 aliphatic heterocycles. The number of ether oxygens (including phenoxy) is 2. The number of carbonyl (C=O) groups is 2. The molecule has 0 atom stereocenters. The standard InChI is InChI=1S/C10H11NO4/c1-6-7(9(12)14-2)4-11-5-8(6)10(13)15-3/h4-5H,1-3H3. The van der Waals surface area contributed by atoms with E-state index in [1.54, 1.807) is 6.92 Å². The van der Waals surface area contributed by atoms with Gasteiger partial charge in [-0.3, -0.25) is 4.98 Å². The van der Waals surface area contributed by atoms with Crippen molar-refractivity contribution < 1.29 is 19.1 Å². The van der Waals surface area contributed by atoms with Gasteiger partial charge in [-0.1, -0.05) is 0 Å². The normalized spacial score (nSPS) is 9.53. The van der Waals surface area contributed by atoms with E-state index >= 15 is 0 Å². The van der Waals surface area contributed by atoms with Crippen LogP contribution < -0.4 is 0 Å². The van der Waals surface area contributed by atoms with E-state index in [-0.39, 0.29) is 11.1 Å². The SMILES string of the molecule is COC(=O)c1cncc(C(=O)OC)c1C. The van der Waals surface area contributed by atoms with Gasteiger partial charge in [0.25, 0.3) is 0 Å². The second-order valence-electron chi connectivity index (χ2n) is 2.84. The second kappa shape index (κ2) is 4.54. The molecule has 5 nitrogen and oxygen atoms in total. The van der Waals surface area contributed by atoms with Gasteiger partial charge in [0.2, 0.25) is 0 Å². The highest BCUT2D eigenvalue weighted by Gasteiger charge is 2.17. The summed E-state index contributed by atoms with van der Waals surface area (Å²) < 4.78 is 9.11. The van der Waals surface area contributed by atoms with Crippen LogP contribution >= 0.6 is 0 Å². The van der Waals surface area contributed by atoms with Crippen LogP contribution in [0.1, 0.15) is 26.3 Å². The molecule has 0 bridgehead atoms. The van der Waals surface area contributed by atoms with Gasteiger partial charge >= 0.3 is 11.9 Å². The van der Waals surface area contributed by atoms with Gasteiger partial charge in [-0.15, -0.1) is 0 Å². The molecule has 0 N–H and O–H groups in total. The number of rotatable bonds is 2. The summed E-state index contributed by atoms with van der Waals surface area (Å²) in [6.07, 6.45) is 2.71. The Morgan fingerprint density at radius 2 is 1.47 bits per heavy atom. The number of esters is 2. The number of hydrogen-bond acceptors (Lipinski definition) is 5. The number of hydrogen-bond donors (Lipinski definition) is 0. The minimum atomic E-state index is -0.522. The quantitative estimate of drug-likeness (QED) is 0.679. The Kier molecular flexibility index (Phi) is 3.38. The van der Waals surface area contributed by atoms with E-state index < -0.39 is 11.9 Å². The van der Waals surface area contributed by atoms with Crippen LogP contribution in [-0.4, -0.2) is 31.1 Å². The van der Waals surface area contributed by atoms with Gasteiger partial charge in [0.1, 0.15) is 0 Å². The van der Waals surface area contributed by atoms with E-state index in [4.69, 9.17) is 0 Å². The third-order valence-corrected chi connectivity index (χ3v) is 2.03. The average molecular weight is 209 g/mol. The molecule has 0 aromatic carbocycles. The summed E-state index contributed by atoms with van der Waals surface area (Å²) in [7, 11) is 2.54. The number of aromatic nitrogens is 1. The molecule has 0 fully saturated rings. The van der Waals surface area contributed by atoms with E-state index in [9.17, 15) is 9.59 Å². The zero-order valence-corrected chi connectivity index (χ0v) is 8.73. The van der Waals surface area contributed by atoms with Gasteiger partial charge in [-0.25, -0.2) is 9.59 Å². The number of nitrogens with zero attached hydrogens (tertiary/aromatic N) is 1. The summed E-state index contributed by atoms with van der Waals surface area (Å²) in [4.78, 5) is 26.3. The highest BCUT2D eigenvalue weighted by molar-refractivity contribution is 5.97. The minimum absolute atomic E-state index is 0.264. The molecular formula is C10H11NO4. The summed E-state index contributed by atoms with van der Waals surface area (Å²) >= 11 is 0. The van der Waals surface area contributed by atoms with Crippen molar-refractivity contribution in [3.05, 3.63) is 29.1 Å². The smallest absolute Gasteiger partial charge is 0.339 e. The molecule has 1 aromatic rings. The summed E-state index contributed by atoms with van der Waals surface area (Å²) in [5, 5.41) is 0. The van der Waals surface area contributed by atoms with Crippen molar-refractivity contribution >= 4 is 11.9 Å². The van der Waals surface area contributed by atoms with E-state index in [1.165, 1.54) is 26.6 Å². The predicted molar refractivity (Wildman–Crippen MR) is 51.7 cm³/mol. The molecule has 0 saturated carbocycles. The highest BCUT2D eigenvalue weighted by Crippen LogP contribution is 2.13. The van der Waals surface area contributed by atoms with Crippen molar-refractivity contribution in [2.75, 3.05) is 14.2 Å². The Labute approximate surface area is 87.0 Å². The fourth-order valence-corrected chi connectivity index (χ4v) is 1.16. The Balaban J connectivity index is 3.23. The lowest BCUT2D eigenvalue weighted by Crippen LogP contribution is -2.11. The molecule has 80 valence electrons. The molecule has 0 unspecified atom stereocenters. The Hall–Kier alpha value is -1.91. The maximum absolute atomic E-state index is 11.3. The third-order valence-electron chi connectivity index (χ3n) is 2.03. The van der Waals surface area contributed by atoms with Gasteiger partial charge < -0.3 is 9.47 Å². The second-order valence-corrected chi connectivity index (χ2v) is 2.84. The molecule has 0 aliphatic carbocycles. The molecule has 0 saturated heterocycles. The average Bonchev–Trinajstić information content (AvgIpc) is 2.27. The Morgan fingerprint density at radius 3 is 1.80 bits per heavy atom. The fourth-order valence-electron chi connectivity index (χ4n) is 1.16. The molecule has 0 spiro atoms. The molecule has 0 aliphatic rings. The van der Waals surface area contributed by atoms with Crippen molar-refractivity contribution in [2.24, 2.45) is 0 Å². The van der Waals surface area contributed by atoms with Gasteiger partial charge in [0, 0.05) is 12.4 Å². The molecule has 1 aromatic heterocycles. The van der Waals surface area contributed by atoms with Crippen LogP contribution in [0.3, 0.4) is 0 Å². The lowest BCUT2D eigenvalue weighted by Gasteiger charge is -2.06. The van der Waals surface area contributed by atoms with Gasteiger partial charge in [0.05, 0.1) is 25.3 Å². The van der Waals surface area contributed by atoms with Crippen molar-refractivity contribution in [2.45, 2.75) is 6.92 Å². The van der Waals surface area contributed by atoms with E-state index in [1.807, 2.05) is 0 Å². The fraction of sp³-hybridized carbons (Fsp3) is 0.300. The predicted octanol–water partition coefficient (Wildman–Crippen LogP) is 0.963. The first kappa shape index (κ1) is 11.2. The molecular weight excluding hydrogens is 198 g/mol. The van der Waals surface area contributed by atoms with Crippen molar-refractivity contribution in [1.29, 1.82) is 0 Å². The topological polar surface area (TPSA) is 65.5 Å². The lowest BCUT2D eigenvalue weighted by atomic mass is 10.1. The first-order valence-electron chi connectivity index (χ1n) is 4.23. The van der Waals surface area contributed by atoms with Crippen LogP contribution in [-0.2, 0) is 9.47 Å². The van der Waals surface area contributed by atoms with Gasteiger partial charge in [-0.2, -0.15) is 0 Å². The summed E-state index contributed by atoms with van der Waals surface area (Å²) in [6.45, 7) is 1.64. The van der Waals surface area contributed by atoms with Crippen LogP contribution in [0, 0.1) is 6.92 Å². The molecule has 1 heterocycles. The van der Waals surface area contributed by atoms with Crippen LogP contribution in [0.4, 0.5) is 0 Å². The molecule has 0 amide bonds. The molecule has 15 heavy (non-hydrogen) atoms. The first-order chi connectivity index (χ1) is 7.11.